The molecule has 1 heterocycles. The Morgan fingerprint density at radius 2 is 1.77 bits per heavy atom. The van der Waals surface area contributed by atoms with Gasteiger partial charge in [0.15, 0.2) is 0 Å². The first kappa shape index (κ1) is 18.6. The summed E-state index contributed by atoms with van der Waals surface area (Å²) in [4.78, 5) is 15.0. The number of carbonyl (C=O) groups excluding carboxylic acids is 1. The topological polar surface area (TPSA) is 58.4 Å². The Bertz CT molecular complexity index is 794. The van der Waals surface area contributed by atoms with Crippen LogP contribution in [0.15, 0.2) is 36.4 Å². The Morgan fingerprint density at radius 3 is 2.38 bits per heavy atom. The molecule has 0 aromatic heterocycles. The number of anilines is 3. The molecule has 2 aromatic rings. The number of nitrogens with two attached hydrogens (primary N) is 1. The van der Waals surface area contributed by atoms with Gasteiger partial charge in [-0.15, -0.1) is 0 Å². The van der Waals surface area contributed by atoms with Crippen molar-refractivity contribution in [2.24, 2.45) is 0 Å². The van der Waals surface area contributed by atoms with E-state index >= 15 is 0 Å². The summed E-state index contributed by atoms with van der Waals surface area (Å²) in [5.41, 5.74) is 10.2. The van der Waals surface area contributed by atoms with Crippen molar-refractivity contribution in [2.75, 3.05) is 16.0 Å². The lowest BCUT2D eigenvalue weighted by Gasteiger charge is -2.42. The number of nitrogens with zero attached hydrogens (tertiary/aromatic N) is 1. The molecule has 1 aliphatic rings. The minimum absolute atomic E-state index is 0.192. The highest BCUT2D eigenvalue weighted by Gasteiger charge is 2.26. The molecule has 0 spiro atoms. The van der Waals surface area contributed by atoms with E-state index in [9.17, 15) is 4.79 Å². The maximum absolute atomic E-state index is 12.6. The fraction of sp³-hybridized carbons (Fsp3) is 0.381. The van der Waals surface area contributed by atoms with Crippen molar-refractivity contribution in [1.29, 1.82) is 0 Å². The van der Waals surface area contributed by atoms with Gasteiger partial charge in [0.25, 0.3) is 5.91 Å². The molecule has 0 aliphatic carbocycles. The number of aryl methyl sites for hydroxylation is 1. The summed E-state index contributed by atoms with van der Waals surface area (Å²) < 4.78 is 0. The normalized spacial score (nSPS) is 20.1. The van der Waals surface area contributed by atoms with Crippen LogP contribution in [-0.4, -0.2) is 18.0 Å². The van der Waals surface area contributed by atoms with Crippen LogP contribution in [0.1, 0.15) is 49.0 Å². The van der Waals surface area contributed by atoms with E-state index in [-0.39, 0.29) is 5.91 Å². The standard InChI is InChI=1S/C21H26ClN3O/c1-13-11-18(23)19(24-21(26)16-7-9-17(22)10-8-16)12-20(13)25-14(2)5-4-6-15(25)3/h7-12,14-15H,4-6,23H2,1-3H3,(H,24,26)/t14-,15+. The van der Waals surface area contributed by atoms with Crippen LogP contribution in [0.5, 0.6) is 0 Å². The van der Waals surface area contributed by atoms with Crippen LogP contribution in [0.4, 0.5) is 17.1 Å². The van der Waals surface area contributed by atoms with Crippen LogP contribution in [0.2, 0.25) is 5.02 Å². The third kappa shape index (κ3) is 3.80. The molecule has 2 atom stereocenters. The van der Waals surface area contributed by atoms with Crippen LogP contribution in [0.25, 0.3) is 0 Å². The summed E-state index contributed by atoms with van der Waals surface area (Å²) in [6.07, 6.45) is 3.62. The minimum Gasteiger partial charge on any atom is -0.397 e. The van der Waals surface area contributed by atoms with Gasteiger partial charge in [-0.05, 0) is 82.0 Å². The quantitative estimate of drug-likeness (QED) is 0.724. The number of halogens is 1. The van der Waals surface area contributed by atoms with Crippen molar-refractivity contribution >= 4 is 34.6 Å². The predicted octanol–water partition coefficient (Wildman–Crippen LogP) is 5.25. The first-order valence-electron chi connectivity index (χ1n) is 9.12. The van der Waals surface area contributed by atoms with E-state index in [1.807, 2.05) is 12.1 Å². The highest BCUT2D eigenvalue weighted by Crippen LogP contribution is 2.36. The summed E-state index contributed by atoms with van der Waals surface area (Å²) in [6, 6.07) is 11.7. The van der Waals surface area contributed by atoms with Gasteiger partial charge in [-0.3, -0.25) is 4.79 Å². The van der Waals surface area contributed by atoms with E-state index in [0.29, 0.717) is 34.0 Å². The first-order chi connectivity index (χ1) is 12.4. The average Bonchev–Trinajstić information content (AvgIpc) is 2.59. The Morgan fingerprint density at radius 1 is 1.15 bits per heavy atom. The second-order valence-corrected chi connectivity index (χ2v) is 7.66. The van der Waals surface area contributed by atoms with E-state index in [0.717, 1.165) is 11.3 Å². The largest absolute Gasteiger partial charge is 0.397 e. The number of piperidine rings is 1. The van der Waals surface area contributed by atoms with Crippen LogP contribution in [0, 0.1) is 6.92 Å². The summed E-state index contributed by atoms with van der Waals surface area (Å²) in [5, 5.41) is 3.55. The number of hydrogen-bond donors (Lipinski definition) is 2. The number of amides is 1. The van der Waals surface area contributed by atoms with Gasteiger partial charge in [-0.2, -0.15) is 0 Å². The molecule has 1 saturated heterocycles. The Balaban J connectivity index is 1.90. The maximum Gasteiger partial charge on any atom is 0.255 e. The fourth-order valence-corrected chi connectivity index (χ4v) is 3.92. The third-order valence-electron chi connectivity index (χ3n) is 5.19. The van der Waals surface area contributed by atoms with Crippen molar-refractivity contribution in [3.8, 4) is 0 Å². The van der Waals surface area contributed by atoms with E-state index in [4.69, 9.17) is 17.3 Å². The summed E-state index contributed by atoms with van der Waals surface area (Å²) >= 11 is 5.90. The van der Waals surface area contributed by atoms with E-state index < -0.39 is 0 Å². The number of nitrogens with one attached hydrogen (secondary N) is 1. The zero-order valence-corrected chi connectivity index (χ0v) is 16.3. The van der Waals surface area contributed by atoms with Crippen molar-refractivity contribution in [3.63, 3.8) is 0 Å². The molecule has 138 valence electrons. The molecule has 3 rings (SSSR count). The van der Waals surface area contributed by atoms with Crippen LogP contribution in [-0.2, 0) is 0 Å². The number of rotatable bonds is 3. The summed E-state index contributed by atoms with van der Waals surface area (Å²) in [6.45, 7) is 6.60. The molecule has 5 heteroatoms. The molecule has 1 fully saturated rings. The molecule has 4 nitrogen and oxygen atoms in total. The van der Waals surface area contributed by atoms with Crippen LogP contribution in [0.3, 0.4) is 0 Å². The number of carbonyl (C=O) groups is 1. The van der Waals surface area contributed by atoms with Gasteiger partial charge in [-0.25, -0.2) is 0 Å². The third-order valence-corrected chi connectivity index (χ3v) is 5.45. The second-order valence-electron chi connectivity index (χ2n) is 7.22. The van der Waals surface area contributed by atoms with Crippen molar-refractivity contribution in [1.82, 2.24) is 0 Å². The summed E-state index contributed by atoms with van der Waals surface area (Å²) in [5.74, 6) is -0.192. The van der Waals surface area contributed by atoms with Crippen molar-refractivity contribution < 1.29 is 4.79 Å². The lowest BCUT2D eigenvalue weighted by Crippen LogP contribution is -2.44. The highest BCUT2D eigenvalue weighted by atomic mass is 35.5. The van der Waals surface area contributed by atoms with Crippen LogP contribution >= 0.6 is 11.6 Å². The Labute approximate surface area is 160 Å². The smallest absolute Gasteiger partial charge is 0.255 e. The molecule has 0 radical (unpaired) electrons. The van der Waals surface area contributed by atoms with Crippen molar-refractivity contribution in [2.45, 2.75) is 52.1 Å². The molecule has 0 bridgehead atoms. The molecular formula is C21H26ClN3O. The Kier molecular flexibility index (Phi) is 5.42. The minimum atomic E-state index is -0.192. The molecule has 1 amide bonds. The molecule has 3 N–H and O–H groups in total. The number of benzene rings is 2. The molecule has 1 aliphatic heterocycles. The molecule has 0 saturated carbocycles. The number of nitrogen functional groups attached to an aromatic ring is 1. The summed E-state index contributed by atoms with van der Waals surface area (Å²) in [7, 11) is 0. The van der Waals surface area contributed by atoms with E-state index in [1.165, 1.54) is 19.3 Å². The predicted molar refractivity (Wildman–Crippen MR) is 110 cm³/mol. The lowest BCUT2D eigenvalue weighted by atomic mass is 9.95. The number of hydrogen-bond acceptors (Lipinski definition) is 3. The lowest BCUT2D eigenvalue weighted by molar-refractivity contribution is 0.102. The Hall–Kier alpha value is -2.20. The van der Waals surface area contributed by atoms with Gasteiger partial charge in [0.05, 0.1) is 11.4 Å². The molecular weight excluding hydrogens is 346 g/mol. The van der Waals surface area contributed by atoms with Gasteiger partial charge in [0.1, 0.15) is 0 Å². The van der Waals surface area contributed by atoms with E-state index in [2.05, 4.69) is 31.0 Å². The molecule has 26 heavy (non-hydrogen) atoms. The highest BCUT2D eigenvalue weighted by molar-refractivity contribution is 6.30. The maximum atomic E-state index is 12.6. The monoisotopic (exact) mass is 371 g/mol. The fourth-order valence-electron chi connectivity index (χ4n) is 3.80. The first-order valence-corrected chi connectivity index (χ1v) is 9.50. The zero-order valence-electron chi connectivity index (χ0n) is 15.6. The van der Waals surface area contributed by atoms with E-state index in [1.54, 1.807) is 24.3 Å². The van der Waals surface area contributed by atoms with Gasteiger partial charge in [0, 0.05) is 28.4 Å². The second kappa shape index (κ2) is 7.58. The van der Waals surface area contributed by atoms with Gasteiger partial charge < -0.3 is 16.0 Å². The van der Waals surface area contributed by atoms with Gasteiger partial charge in [0.2, 0.25) is 0 Å². The van der Waals surface area contributed by atoms with Crippen LogP contribution < -0.4 is 16.0 Å². The van der Waals surface area contributed by atoms with Gasteiger partial charge in [-0.1, -0.05) is 11.6 Å². The zero-order chi connectivity index (χ0) is 18.8. The van der Waals surface area contributed by atoms with Crippen molar-refractivity contribution in [3.05, 3.63) is 52.5 Å². The SMILES string of the molecule is Cc1cc(N)c(NC(=O)c2ccc(Cl)cc2)cc1N1[C@H](C)CCC[C@@H]1C. The molecule has 0 unspecified atom stereocenters. The van der Waals surface area contributed by atoms with Gasteiger partial charge >= 0.3 is 0 Å². The average molecular weight is 372 g/mol. The molecule has 2 aromatic carbocycles.